The molecule has 0 bridgehead atoms. The maximum absolute atomic E-state index is 13.6. The van der Waals surface area contributed by atoms with Gasteiger partial charge >= 0.3 is 6.03 Å². The van der Waals surface area contributed by atoms with Crippen molar-refractivity contribution >= 4 is 50.7 Å². The van der Waals surface area contributed by atoms with Gasteiger partial charge < -0.3 is 24.8 Å². The van der Waals surface area contributed by atoms with Crippen molar-refractivity contribution in [2.45, 2.75) is 39.5 Å². The van der Waals surface area contributed by atoms with Crippen molar-refractivity contribution in [1.29, 1.82) is 0 Å². The lowest BCUT2D eigenvalue weighted by atomic mass is 10.0. The summed E-state index contributed by atoms with van der Waals surface area (Å²) in [5.74, 6) is 3.33. The zero-order valence-electron chi connectivity index (χ0n) is 30.1. The summed E-state index contributed by atoms with van der Waals surface area (Å²) in [5, 5.41) is 24.2. The number of ether oxygens (including phenoxy) is 3. The van der Waals surface area contributed by atoms with E-state index < -0.39 is 6.03 Å². The Bertz CT molecular complexity index is 2370. The minimum atomic E-state index is -0.402. The first kappa shape index (κ1) is 35.0. The number of benzene rings is 4. The van der Waals surface area contributed by atoms with Crippen LogP contribution in [-0.2, 0) is 4.74 Å². The summed E-state index contributed by atoms with van der Waals surface area (Å²) in [6.45, 7) is 7.23. The number of nitrogens with zero attached hydrogens (tertiary/aromatic N) is 4. The highest BCUT2D eigenvalue weighted by molar-refractivity contribution is 6.07. The maximum atomic E-state index is 13.6. The molecule has 53 heavy (non-hydrogen) atoms. The van der Waals surface area contributed by atoms with Crippen molar-refractivity contribution in [3.63, 3.8) is 0 Å². The number of carbonyl (C=O) groups excluding carboxylic acids is 1. The van der Waals surface area contributed by atoms with Gasteiger partial charge in [-0.2, -0.15) is 10.2 Å². The number of aromatic nitrogens is 5. The smallest absolute Gasteiger partial charge is 0.324 e. The zero-order valence-corrected chi connectivity index (χ0v) is 30.1. The van der Waals surface area contributed by atoms with E-state index in [9.17, 15) is 4.79 Å². The van der Waals surface area contributed by atoms with Crippen molar-refractivity contribution in [2.75, 3.05) is 36.3 Å². The molecule has 270 valence electrons. The summed E-state index contributed by atoms with van der Waals surface area (Å²) in [5.41, 5.74) is 5.27. The van der Waals surface area contributed by atoms with E-state index in [2.05, 4.69) is 45.0 Å². The topological polar surface area (TPSA) is 140 Å². The van der Waals surface area contributed by atoms with Crippen LogP contribution in [-0.4, -0.2) is 51.3 Å². The van der Waals surface area contributed by atoms with Gasteiger partial charge in [0.25, 0.3) is 0 Å². The highest BCUT2D eigenvalue weighted by Crippen LogP contribution is 2.36. The molecule has 0 radical (unpaired) electrons. The number of hydrogen-bond acceptors (Lipinski definition) is 8. The number of urea groups is 1. The molecule has 1 atom stereocenters. The van der Waals surface area contributed by atoms with Gasteiger partial charge in [-0.1, -0.05) is 50.6 Å². The van der Waals surface area contributed by atoms with Crippen molar-refractivity contribution in [3.8, 4) is 22.9 Å². The number of anilines is 4. The van der Waals surface area contributed by atoms with Crippen LogP contribution in [0.15, 0.2) is 103 Å². The predicted molar refractivity (Wildman–Crippen MR) is 209 cm³/mol. The van der Waals surface area contributed by atoms with E-state index in [1.165, 1.54) is 0 Å². The van der Waals surface area contributed by atoms with E-state index in [4.69, 9.17) is 19.3 Å². The molecule has 0 aliphatic heterocycles. The van der Waals surface area contributed by atoms with Crippen molar-refractivity contribution < 1.29 is 19.0 Å². The normalized spacial score (nSPS) is 11.8. The first-order valence-electron chi connectivity index (χ1n) is 17.6. The third kappa shape index (κ3) is 8.08. The number of H-pyrrole nitrogens is 1. The lowest BCUT2D eigenvalue weighted by molar-refractivity contribution is 0.146. The Balaban J connectivity index is 1.10. The first-order valence-corrected chi connectivity index (χ1v) is 17.6. The number of hydrogen-bond donors (Lipinski definition) is 4. The molecule has 12 heteroatoms. The number of fused-ring (bicyclic) bond motifs is 2. The van der Waals surface area contributed by atoms with E-state index >= 15 is 0 Å². The number of amides is 2. The number of rotatable bonds is 14. The van der Waals surface area contributed by atoms with Crippen LogP contribution in [0.5, 0.6) is 17.2 Å². The van der Waals surface area contributed by atoms with Crippen molar-refractivity contribution in [1.82, 2.24) is 25.0 Å². The van der Waals surface area contributed by atoms with Crippen LogP contribution in [0.2, 0.25) is 0 Å². The summed E-state index contributed by atoms with van der Waals surface area (Å²) in [7, 11) is 1.64. The van der Waals surface area contributed by atoms with Crippen LogP contribution in [0.1, 0.15) is 43.9 Å². The molecular weight excluding hydrogens is 669 g/mol. The Kier molecular flexibility index (Phi) is 10.5. The molecule has 0 spiro atoms. The van der Waals surface area contributed by atoms with Crippen molar-refractivity contribution in [2.24, 2.45) is 0 Å². The van der Waals surface area contributed by atoms with Crippen LogP contribution in [0.3, 0.4) is 0 Å². The van der Waals surface area contributed by atoms with Gasteiger partial charge in [0.05, 0.1) is 35.4 Å². The molecule has 0 saturated carbocycles. The molecule has 2 amide bonds. The summed E-state index contributed by atoms with van der Waals surface area (Å²) >= 11 is 0. The second kappa shape index (κ2) is 15.9. The number of carbonyl (C=O) groups is 1. The van der Waals surface area contributed by atoms with Gasteiger partial charge in [0.15, 0.2) is 0 Å². The van der Waals surface area contributed by atoms with E-state index in [1.54, 1.807) is 24.2 Å². The molecule has 0 fully saturated rings. The highest BCUT2D eigenvalue weighted by Gasteiger charge is 2.18. The lowest BCUT2D eigenvalue weighted by Gasteiger charge is -2.15. The minimum absolute atomic E-state index is 0.213. The maximum Gasteiger partial charge on any atom is 0.324 e. The van der Waals surface area contributed by atoms with Gasteiger partial charge in [-0.3, -0.25) is 10.4 Å². The van der Waals surface area contributed by atoms with Gasteiger partial charge in [0, 0.05) is 59.3 Å². The summed E-state index contributed by atoms with van der Waals surface area (Å²) < 4.78 is 19.1. The Morgan fingerprint density at radius 2 is 1.79 bits per heavy atom. The molecular formula is C41H42N8O4. The molecule has 1 unspecified atom stereocenters. The van der Waals surface area contributed by atoms with Gasteiger partial charge in [0.2, 0.25) is 0 Å². The number of nitrogens with one attached hydrogen (secondary N) is 4. The Labute approximate surface area is 307 Å². The lowest BCUT2D eigenvalue weighted by Crippen LogP contribution is -2.21. The number of aromatic amines is 1. The summed E-state index contributed by atoms with van der Waals surface area (Å²) in [6.07, 6.45) is 5.50. The highest BCUT2D eigenvalue weighted by atomic mass is 16.5. The average Bonchev–Trinajstić information content (AvgIpc) is 3.81. The van der Waals surface area contributed by atoms with Crippen LogP contribution >= 0.6 is 0 Å². The number of pyridine rings is 1. The molecule has 0 aliphatic rings. The Morgan fingerprint density at radius 1 is 0.925 bits per heavy atom. The van der Waals surface area contributed by atoms with Crippen LogP contribution in [0.4, 0.5) is 27.8 Å². The Morgan fingerprint density at radius 3 is 2.64 bits per heavy atom. The second-order valence-electron chi connectivity index (χ2n) is 12.9. The Hall–Kier alpha value is -6.40. The standard InChI is InChI=1S/C41H42N8O4/c1-5-9-26(2)36-24-39(49(48-36)30-10-8-11-31(22-30)52-19-18-51-4)46-41(50)45-35-14-15-37(34-13-7-6-12-33(34)35)53-32-16-17-42-38(23-32)44-29-20-27(3)40-28(21-29)25-43-47-40/h6-8,10-17,20-26H,5,9,18-19H2,1-4H3,(H,42,44)(H,43,47)(H2,45,46,50). The third-order valence-corrected chi connectivity index (χ3v) is 8.92. The second-order valence-corrected chi connectivity index (χ2v) is 12.9. The third-order valence-electron chi connectivity index (χ3n) is 8.92. The van der Waals surface area contributed by atoms with Gasteiger partial charge in [0.1, 0.15) is 35.5 Å². The molecule has 12 nitrogen and oxygen atoms in total. The monoisotopic (exact) mass is 710 g/mol. The molecule has 4 N–H and O–H groups in total. The van der Waals surface area contributed by atoms with Gasteiger partial charge in [-0.05, 0) is 61.4 Å². The van der Waals surface area contributed by atoms with Crippen LogP contribution < -0.4 is 25.4 Å². The fourth-order valence-corrected chi connectivity index (χ4v) is 6.32. The van der Waals surface area contributed by atoms with Gasteiger partial charge in [-0.15, -0.1) is 0 Å². The quantitative estimate of drug-likeness (QED) is 0.0818. The fraction of sp³-hybridized carbons (Fsp3) is 0.220. The van der Waals surface area contributed by atoms with E-state index in [0.29, 0.717) is 47.8 Å². The molecule has 7 aromatic rings. The molecule has 4 aromatic carbocycles. The van der Waals surface area contributed by atoms with Crippen LogP contribution in [0, 0.1) is 6.92 Å². The van der Waals surface area contributed by atoms with E-state index in [1.807, 2.05) is 97.9 Å². The first-order chi connectivity index (χ1) is 25.9. The van der Waals surface area contributed by atoms with Gasteiger partial charge in [-0.25, -0.2) is 14.5 Å². The SMILES string of the molecule is CCCC(C)c1cc(NC(=O)Nc2ccc(Oc3ccnc(Nc4cc(C)c5[nH]ncc5c4)c3)c3ccccc23)n(-c2cccc(OCCOC)c2)n1. The largest absolute Gasteiger partial charge is 0.491 e. The van der Waals surface area contributed by atoms with E-state index in [-0.39, 0.29) is 5.92 Å². The van der Waals surface area contributed by atoms with Crippen molar-refractivity contribution in [3.05, 3.63) is 115 Å². The fourth-order valence-electron chi connectivity index (χ4n) is 6.32. The molecule has 3 aromatic heterocycles. The molecule has 0 saturated heterocycles. The summed E-state index contributed by atoms with van der Waals surface area (Å²) in [6, 6.07) is 28.4. The molecule has 0 aliphatic carbocycles. The zero-order chi connectivity index (χ0) is 36.7. The minimum Gasteiger partial charge on any atom is -0.491 e. The van der Waals surface area contributed by atoms with E-state index in [0.717, 1.165) is 57.1 Å². The van der Waals surface area contributed by atoms with Crippen LogP contribution in [0.25, 0.3) is 27.4 Å². The average molecular weight is 711 g/mol. The number of methoxy groups -OCH3 is 1. The number of aryl methyl sites for hydroxylation is 1. The molecule has 3 heterocycles. The summed E-state index contributed by atoms with van der Waals surface area (Å²) in [4.78, 5) is 18.1. The predicted octanol–water partition coefficient (Wildman–Crippen LogP) is 9.71. The molecule has 7 rings (SSSR count).